The Kier molecular flexibility index (Phi) is 6.52. The van der Waals surface area contributed by atoms with Crippen LogP contribution in [0, 0.1) is 0 Å². The normalized spacial score (nSPS) is 15.4. The van der Waals surface area contributed by atoms with Gasteiger partial charge in [0.1, 0.15) is 0 Å². The molecule has 0 bridgehead atoms. The largest absolute Gasteiger partial charge is 0.463 e. The zero-order valence-corrected chi connectivity index (χ0v) is 14.7. The van der Waals surface area contributed by atoms with Gasteiger partial charge >= 0.3 is 5.97 Å². The summed E-state index contributed by atoms with van der Waals surface area (Å²) in [4.78, 5) is 15.8. The van der Waals surface area contributed by atoms with Crippen LogP contribution in [0.3, 0.4) is 0 Å². The predicted octanol–water partition coefficient (Wildman–Crippen LogP) is 4.84. The second kappa shape index (κ2) is 8.83. The van der Waals surface area contributed by atoms with Gasteiger partial charge in [-0.1, -0.05) is 54.7 Å². The van der Waals surface area contributed by atoms with E-state index in [1.807, 2.05) is 31.2 Å². The summed E-state index contributed by atoms with van der Waals surface area (Å²) in [6.07, 6.45) is 3.78. The van der Waals surface area contributed by atoms with Crippen molar-refractivity contribution in [3.8, 4) is 0 Å². The van der Waals surface area contributed by atoms with Crippen LogP contribution in [0.25, 0.3) is 22.9 Å². The van der Waals surface area contributed by atoms with Crippen molar-refractivity contribution in [2.75, 3.05) is 6.61 Å². The first-order chi connectivity index (χ1) is 12.1. The number of esters is 1. The van der Waals surface area contributed by atoms with E-state index in [1.54, 1.807) is 6.92 Å². The van der Waals surface area contributed by atoms with E-state index in [0.29, 0.717) is 13.0 Å². The third-order valence-electron chi connectivity index (χ3n) is 3.76. The number of carbonyl (C=O) groups is 1. The molecule has 0 saturated heterocycles. The van der Waals surface area contributed by atoms with Crippen LogP contribution in [-0.4, -0.2) is 24.4 Å². The van der Waals surface area contributed by atoms with Crippen LogP contribution in [0.2, 0.25) is 0 Å². The first-order valence-corrected chi connectivity index (χ1v) is 8.22. The highest BCUT2D eigenvalue weighted by Crippen LogP contribution is 2.21. The molecule has 2 aromatic rings. The van der Waals surface area contributed by atoms with Gasteiger partial charge in [0, 0.05) is 6.42 Å². The topological polar surface area (TPSA) is 47.9 Å². The quantitative estimate of drug-likeness (QED) is 0.750. The van der Waals surface area contributed by atoms with Crippen molar-refractivity contribution in [2.45, 2.75) is 26.4 Å². The highest BCUT2D eigenvalue weighted by Gasteiger charge is 2.26. The van der Waals surface area contributed by atoms with Gasteiger partial charge in [0.2, 0.25) is 6.10 Å². The number of carbonyl (C=O) groups excluding carboxylic acids is 1. The van der Waals surface area contributed by atoms with E-state index in [2.05, 4.69) is 42.6 Å². The van der Waals surface area contributed by atoms with Crippen molar-refractivity contribution in [3.05, 3.63) is 60.7 Å². The van der Waals surface area contributed by atoms with Crippen molar-refractivity contribution in [1.29, 1.82) is 0 Å². The van der Waals surface area contributed by atoms with Crippen LogP contribution in [0.15, 0.2) is 54.7 Å². The van der Waals surface area contributed by atoms with E-state index in [4.69, 9.17) is 9.57 Å². The Morgan fingerprint density at radius 2 is 1.80 bits per heavy atom. The fraction of sp³-hybridized carbons (Fsp3) is 0.238. The van der Waals surface area contributed by atoms with Gasteiger partial charge in [0.05, 0.1) is 12.3 Å². The Labute approximate surface area is 148 Å². The third-order valence-corrected chi connectivity index (χ3v) is 3.76. The van der Waals surface area contributed by atoms with Gasteiger partial charge in [-0.3, -0.25) is 0 Å². The third kappa shape index (κ3) is 4.80. The molecule has 25 heavy (non-hydrogen) atoms. The maximum absolute atomic E-state index is 11.0. The summed E-state index contributed by atoms with van der Waals surface area (Å²) in [6.45, 7) is 11.6. The summed E-state index contributed by atoms with van der Waals surface area (Å²) in [7, 11) is 0. The molecule has 1 heterocycles. The molecule has 2 aromatic carbocycles. The lowest BCUT2D eigenvalue weighted by molar-refractivity contribution is -0.154. The Morgan fingerprint density at radius 3 is 2.20 bits per heavy atom. The minimum atomic E-state index is -0.505. The molecule has 4 nitrogen and oxygen atoms in total. The van der Waals surface area contributed by atoms with Gasteiger partial charge in [-0.05, 0) is 47.9 Å². The first-order valence-electron chi connectivity index (χ1n) is 8.22. The molecule has 0 radical (unpaired) electrons. The number of hydrogen-bond donors (Lipinski definition) is 0. The van der Waals surface area contributed by atoms with Crippen LogP contribution < -0.4 is 0 Å². The maximum Gasteiger partial charge on any atom is 0.350 e. The first kappa shape index (κ1) is 18.5. The Morgan fingerprint density at radius 1 is 1.24 bits per heavy atom. The molecule has 1 aliphatic rings. The summed E-state index contributed by atoms with van der Waals surface area (Å²) < 4.78 is 4.74. The lowest BCUT2D eigenvalue weighted by Gasteiger charge is -2.05. The number of fused-ring (bicyclic) bond motifs is 1. The summed E-state index contributed by atoms with van der Waals surface area (Å²) >= 11 is 0. The molecule has 1 atom stereocenters. The summed E-state index contributed by atoms with van der Waals surface area (Å²) in [5, 5.41) is 6.12. The Bertz CT molecular complexity index is 761. The van der Waals surface area contributed by atoms with Gasteiger partial charge in [-0.2, -0.15) is 0 Å². The van der Waals surface area contributed by atoms with Gasteiger partial charge < -0.3 is 9.57 Å². The summed E-state index contributed by atoms with van der Waals surface area (Å²) in [6, 6.07) is 12.6. The second-order valence-corrected chi connectivity index (χ2v) is 5.61. The predicted molar refractivity (Wildman–Crippen MR) is 103 cm³/mol. The fourth-order valence-electron chi connectivity index (χ4n) is 2.49. The molecule has 0 N–H and O–H groups in total. The zero-order valence-electron chi connectivity index (χ0n) is 14.7. The maximum atomic E-state index is 11.0. The highest BCUT2D eigenvalue weighted by atomic mass is 16.7. The lowest BCUT2D eigenvalue weighted by Crippen LogP contribution is -2.22. The van der Waals surface area contributed by atoms with Crippen molar-refractivity contribution >= 4 is 34.6 Å². The smallest absolute Gasteiger partial charge is 0.350 e. The van der Waals surface area contributed by atoms with Crippen molar-refractivity contribution in [2.24, 2.45) is 5.16 Å². The lowest BCUT2D eigenvalue weighted by atomic mass is 10.0. The van der Waals surface area contributed by atoms with Crippen molar-refractivity contribution in [3.63, 3.8) is 0 Å². The molecule has 0 amide bonds. The molecule has 0 aliphatic carbocycles. The molecule has 0 saturated carbocycles. The van der Waals surface area contributed by atoms with E-state index >= 15 is 0 Å². The van der Waals surface area contributed by atoms with Gasteiger partial charge in [-0.15, -0.1) is 0 Å². The van der Waals surface area contributed by atoms with E-state index in [-0.39, 0.29) is 5.97 Å². The molecule has 0 spiro atoms. The molecule has 3 rings (SSSR count). The minimum absolute atomic E-state index is 0.326. The van der Waals surface area contributed by atoms with Crippen molar-refractivity contribution in [1.82, 2.24) is 0 Å². The van der Waals surface area contributed by atoms with Gasteiger partial charge in [0.15, 0.2) is 0 Å². The number of rotatable bonds is 4. The number of nitrogens with zero attached hydrogens (tertiary/aromatic N) is 1. The molecule has 0 aromatic heterocycles. The van der Waals surface area contributed by atoms with Crippen LogP contribution in [0.5, 0.6) is 0 Å². The van der Waals surface area contributed by atoms with E-state index in [0.717, 1.165) is 16.8 Å². The SMILES string of the molecule is C=Cc1cc2ccccc2cc1C=C.CCOC(=O)C1CC(C)=NO1. The van der Waals surface area contributed by atoms with Gasteiger partial charge in [0.25, 0.3) is 0 Å². The van der Waals surface area contributed by atoms with Crippen LogP contribution >= 0.6 is 0 Å². The van der Waals surface area contributed by atoms with Gasteiger partial charge in [-0.25, -0.2) is 4.79 Å². The molecule has 0 fully saturated rings. The molecule has 1 aliphatic heterocycles. The monoisotopic (exact) mass is 337 g/mol. The van der Waals surface area contributed by atoms with Crippen LogP contribution in [-0.2, 0) is 14.4 Å². The molecular weight excluding hydrogens is 314 g/mol. The zero-order chi connectivity index (χ0) is 18.2. The summed E-state index contributed by atoms with van der Waals surface area (Å²) in [5.41, 5.74) is 3.11. The number of benzene rings is 2. The standard InChI is InChI=1S/C14H12.C7H11NO3/c1-3-11-9-13-7-5-6-8-14(13)10-12(11)4-2;1-3-10-7(9)6-4-5(2)8-11-6/h3-10H,1-2H2;6H,3-4H2,1-2H3. The Hall–Kier alpha value is -2.88. The molecule has 1 unspecified atom stereocenters. The highest BCUT2D eigenvalue weighted by molar-refractivity contribution is 5.89. The molecule has 4 heteroatoms. The van der Waals surface area contributed by atoms with Crippen molar-refractivity contribution < 1.29 is 14.4 Å². The number of oxime groups is 1. The second-order valence-electron chi connectivity index (χ2n) is 5.61. The number of hydrogen-bond acceptors (Lipinski definition) is 4. The minimum Gasteiger partial charge on any atom is -0.463 e. The van der Waals surface area contributed by atoms with E-state index < -0.39 is 6.10 Å². The van der Waals surface area contributed by atoms with Crippen LogP contribution in [0.4, 0.5) is 0 Å². The number of ether oxygens (including phenoxy) is 1. The molecular formula is C21H23NO3. The fourth-order valence-corrected chi connectivity index (χ4v) is 2.49. The van der Waals surface area contributed by atoms with E-state index in [1.165, 1.54) is 10.8 Å². The Balaban J connectivity index is 0.000000186. The average molecular weight is 337 g/mol. The van der Waals surface area contributed by atoms with E-state index in [9.17, 15) is 4.79 Å². The van der Waals surface area contributed by atoms with Crippen LogP contribution in [0.1, 0.15) is 31.4 Å². The molecule has 130 valence electrons. The summed E-state index contributed by atoms with van der Waals surface area (Å²) in [5.74, 6) is -0.326. The average Bonchev–Trinajstić information content (AvgIpc) is 3.08.